The molecule has 0 amide bonds. The first-order valence-corrected chi connectivity index (χ1v) is 10.7. The van der Waals surface area contributed by atoms with E-state index in [1.807, 2.05) is 45.4 Å². The third-order valence-electron chi connectivity index (χ3n) is 4.89. The molecule has 150 valence electrons. The van der Waals surface area contributed by atoms with Gasteiger partial charge in [-0.2, -0.15) is 5.10 Å². The highest BCUT2D eigenvalue weighted by atomic mass is 32.2. The van der Waals surface area contributed by atoms with Crippen LogP contribution in [0.25, 0.3) is 11.3 Å². The quantitative estimate of drug-likeness (QED) is 0.677. The van der Waals surface area contributed by atoms with E-state index in [1.54, 1.807) is 25.1 Å². The predicted octanol–water partition coefficient (Wildman–Crippen LogP) is 3.83. The molecule has 0 saturated heterocycles. The van der Waals surface area contributed by atoms with Crippen LogP contribution in [0.5, 0.6) is 0 Å². The average Bonchev–Trinajstić information content (AvgIpc) is 3.17. The molecule has 8 heteroatoms. The maximum atomic E-state index is 13.1. The van der Waals surface area contributed by atoms with E-state index in [-0.39, 0.29) is 4.90 Å². The van der Waals surface area contributed by atoms with E-state index in [0.29, 0.717) is 16.9 Å². The second kappa shape index (κ2) is 7.52. The van der Waals surface area contributed by atoms with Crippen LogP contribution >= 0.6 is 0 Å². The molecule has 28 heavy (non-hydrogen) atoms. The number of nitrogens with zero attached hydrogens (tertiary/aromatic N) is 3. The minimum atomic E-state index is -3.74. The van der Waals surface area contributed by atoms with Crippen LogP contribution in [0.15, 0.2) is 33.7 Å². The van der Waals surface area contributed by atoms with Gasteiger partial charge in [0.15, 0.2) is 5.76 Å². The zero-order valence-electron chi connectivity index (χ0n) is 17.1. The van der Waals surface area contributed by atoms with Crippen molar-refractivity contribution >= 4 is 10.0 Å². The monoisotopic (exact) mass is 402 g/mol. The van der Waals surface area contributed by atoms with Crippen molar-refractivity contribution in [2.24, 2.45) is 0 Å². The van der Waals surface area contributed by atoms with Crippen LogP contribution in [0.1, 0.15) is 48.1 Å². The number of benzene rings is 1. The molecule has 2 aromatic heterocycles. The molecular weight excluding hydrogens is 376 g/mol. The summed E-state index contributed by atoms with van der Waals surface area (Å²) in [5, 5.41) is 8.36. The molecule has 1 N–H and O–H groups in total. The summed E-state index contributed by atoms with van der Waals surface area (Å²) in [7, 11) is -3.74. The van der Waals surface area contributed by atoms with E-state index in [4.69, 9.17) is 4.52 Å². The molecule has 1 aromatic carbocycles. The number of rotatable bonds is 6. The Morgan fingerprint density at radius 2 is 1.89 bits per heavy atom. The number of aromatic nitrogens is 3. The SMILES string of the molecule is CCn1nc(C)c([C@@H](C)NS(=O)(=O)c2cc(-c3cc(C)no3)ccc2C)c1C. The maximum absolute atomic E-state index is 13.1. The highest BCUT2D eigenvalue weighted by Crippen LogP contribution is 2.28. The van der Waals surface area contributed by atoms with E-state index >= 15 is 0 Å². The minimum Gasteiger partial charge on any atom is -0.356 e. The largest absolute Gasteiger partial charge is 0.356 e. The summed E-state index contributed by atoms with van der Waals surface area (Å²) in [5.74, 6) is 0.540. The molecule has 0 bridgehead atoms. The molecule has 3 rings (SSSR count). The summed E-state index contributed by atoms with van der Waals surface area (Å²) < 4.78 is 36.2. The molecule has 0 aliphatic heterocycles. The molecule has 0 unspecified atom stereocenters. The fraction of sp³-hybridized carbons (Fsp3) is 0.400. The van der Waals surface area contributed by atoms with Crippen LogP contribution in [0.3, 0.4) is 0 Å². The molecule has 0 saturated carbocycles. The van der Waals surface area contributed by atoms with Crippen molar-refractivity contribution in [1.29, 1.82) is 0 Å². The summed E-state index contributed by atoms with van der Waals surface area (Å²) in [6.07, 6.45) is 0. The Hall–Kier alpha value is -2.45. The van der Waals surface area contributed by atoms with Gasteiger partial charge in [-0.05, 0) is 53.2 Å². The van der Waals surface area contributed by atoms with Crippen LogP contribution in [-0.2, 0) is 16.6 Å². The molecule has 2 heterocycles. The molecule has 0 fully saturated rings. The van der Waals surface area contributed by atoms with Gasteiger partial charge >= 0.3 is 0 Å². The summed E-state index contributed by atoms with van der Waals surface area (Å²) >= 11 is 0. The van der Waals surface area contributed by atoms with E-state index < -0.39 is 16.1 Å². The smallest absolute Gasteiger partial charge is 0.241 e. The zero-order valence-corrected chi connectivity index (χ0v) is 17.9. The Kier molecular flexibility index (Phi) is 5.45. The first kappa shape index (κ1) is 20.3. The third kappa shape index (κ3) is 3.74. The van der Waals surface area contributed by atoms with Gasteiger partial charge in [0.1, 0.15) is 0 Å². The van der Waals surface area contributed by atoms with Crippen LogP contribution in [-0.4, -0.2) is 23.4 Å². The van der Waals surface area contributed by atoms with E-state index in [1.165, 1.54) is 0 Å². The standard InChI is InChI=1S/C20H26N4O3S/c1-7-24-16(6)20(14(4)21-24)15(5)23-28(25,26)19-11-17(9-8-12(19)2)18-10-13(3)22-27-18/h8-11,15,23H,7H2,1-6H3/t15-/m1/s1. The molecule has 0 radical (unpaired) electrons. The van der Waals surface area contributed by atoms with Crippen molar-refractivity contribution in [1.82, 2.24) is 19.7 Å². The topological polar surface area (TPSA) is 90.0 Å². The predicted molar refractivity (Wildman–Crippen MR) is 108 cm³/mol. The average molecular weight is 403 g/mol. The first-order valence-electron chi connectivity index (χ1n) is 9.24. The van der Waals surface area contributed by atoms with Crippen LogP contribution in [0.4, 0.5) is 0 Å². The van der Waals surface area contributed by atoms with Gasteiger partial charge < -0.3 is 4.52 Å². The molecule has 3 aromatic rings. The molecule has 7 nitrogen and oxygen atoms in total. The van der Waals surface area contributed by atoms with Gasteiger partial charge in [-0.3, -0.25) is 4.68 Å². The van der Waals surface area contributed by atoms with Gasteiger partial charge in [-0.15, -0.1) is 0 Å². The fourth-order valence-electron chi connectivity index (χ4n) is 3.54. The Balaban J connectivity index is 1.96. The molecule has 0 aliphatic rings. The van der Waals surface area contributed by atoms with Crippen molar-refractivity contribution in [3.05, 3.63) is 52.5 Å². The normalized spacial score (nSPS) is 13.1. The van der Waals surface area contributed by atoms with E-state index in [2.05, 4.69) is 15.0 Å². The number of aryl methyl sites for hydroxylation is 4. The number of nitrogens with one attached hydrogen (secondary N) is 1. The lowest BCUT2D eigenvalue weighted by Gasteiger charge is -2.17. The van der Waals surface area contributed by atoms with Gasteiger partial charge in [0, 0.05) is 35.5 Å². The lowest BCUT2D eigenvalue weighted by Crippen LogP contribution is -2.28. The summed E-state index contributed by atoms with van der Waals surface area (Å²) in [5.41, 5.74) is 4.79. The fourth-order valence-corrected chi connectivity index (χ4v) is 5.03. The first-order chi connectivity index (χ1) is 13.1. The van der Waals surface area contributed by atoms with Gasteiger partial charge in [0.2, 0.25) is 10.0 Å². The van der Waals surface area contributed by atoms with Crippen LogP contribution in [0, 0.1) is 27.7 Å². The number of sulfonamides is 1. The number of hydrogen-bond acceptors (Lipinski definition) is 5. The lowest BCUT2D eigenvalue weighted by atomic mass is 10.1. The minimum absolute atomic E-state index is 0.226. The highest BCUT2D eigenvalue weighted by molar-refractivity contribution is 7.89. The molecule has 0 spiro atoms. The van der Waals surface area contributed by atoms with Crippen LogP contribution < -0.4 is 4.72 Å². The van der Waals surface area contributed by atoms with Crippen LogP contribution in [0.2, 0.25) is 0 Å². The van der Waals surface area contributed by atoms with Gasteiger partial charge in [0.05, 0.1) is 16.3 Å². The third-order valence-corrected chi connectivity index (χ3v) is 6.57. The second-order valence-electron chi connectivity index (χ2n) is 7.06. The summed E-state index contributed by atoms with van der Waals surface area (Å²) in [6.45, 7) is 12.1. The molecule has 1 atom stereocenters. The van der Waals surface area contributed by atoms with Crippen molar-refractivity contribution in [2.75, 3.05) is 0 Å². The number of hydrogen-bond donors (Lipinski definition) is 1. The van der Waals surface area contributed by atoms with Gasteiger partial charge in [-0.25, -0.2) is 13.1 Å². The van der Waals surface area contributed by atoms with E-state index in [0.717, 1.165) is 29.2 Å². The van der Waals surface area contributed by atoms with Crippen molar-refractivity contribution < 1.29 is 12.9 Å². The van der Waals surface area contributed by atoms with Crippen molar-refractivity contribution in [3.63, 3.8) is 0 Å². The highest BCUT2D eigenvalue weighted by Gasteiger charge is 2.25. The summed E-state index contributed by atoms with van der Waals surface area (Å²) in [6, 6.07) is 6.61. The maximum Gasteiger partial charge on any atom is 0.241 e. The zero-order chi connectivity index (χ0) is 20.6. The lowest BCUT2D eigenvalue weighted by molar-refractivity contribution is 0.427. The van der Waals surface area contributed by atoms with Crippen molar-refractivity contribution in [3.8, 4) is 11.3 Å². The van der Waals surface area contributed by atoms with E-state index in [9.17, 15) is 8.42 Å². The Labute approximate surface area is 165 Å². The van der Waals surface area contributed by atoms with Crippen molar-refractivity contribution in [2.45, 2.75) is 59.0 Å². The van der Waals surface area contributed by atoms with Gasteiger partial charge in [-0.1, -0.05) is 17.3 Å². The van der Waals surface area contributed by atoms with Gasteiger partial charge in [0.25, 0.3) is 0 Å². The summed E-state index contributed by atoms with van der Waals surface area (Å²) in [4.78, 5) is 0.226. The molecule has 0 aliphatic carbocycles. The Morgan fingerprint density at radius 1 is 1.18 bits per heavy atom. The Morgan fingerprint density at radius 3 is 2.46 bits per heavy atom. The molecular formula is C20H26N4O3S. The second-order valence-corrected chi connectivity index (χ2v) is 8.74. The Bertz CT molecular complexity index is 1110.